The van der Waals surface area contributed by atoms with E-state index >= 15 is 0 Å². The van der Waals surface area contributed by atoms with E-state index in [0.717, 1.165) is 63.1 Å². The summed E-state index contributed by atoms with van der Waals surface area (Å²) in [6, 6.07) is 7.97. The smallest absolute Gasteiger partial charge is 0.191 e. The third kappa shape index (κ3) is 9.44. The molecule has 0 saturated carbocycles. The predicted molar refractivity (Wildman–Crippen MR) is 120 cm³/mol. The van der Waals surface area contributed by atoms with E-state index in [1.54, 1.807) is 13.1 Å². The zero-order chi connectivity index (χ0) is 18.5. The van der Waals surface area contributed by atoms with Gasteiger partial charge in [0.2, 0.25) is 0 Å². The molecule has 27 heavy (non-hydrogen) atoms. The highest BCUT2D eigenvalue weighted by Gasteiger charge is 2.15. The van der Waals surface area contributed by atoms with Crippen molar-refractivity contribution in [2.24, 2.45) is 10.9 Å². The summed E-state index contributed by atoms with van der Waals surface area (Å²) in [6.45, 7) is 8.90. The second kappa shape index (κ2) is 14.7. The molecule has 152 valence electrons. The average molecular weight is 489 g/mol. The van der Waals surface area contributed by atoms with Crippen LogP contribution in [0.3, 0.4) is 0 Å². The molecule has 1 atom stereocenters. The van der Waals surface area contributed by atoms with E-state index in [1.807, 2.05) is 24.3 Å². The Bertz CT molecular complexity index is 563. The van der Waals surface area contributed by atoms with Gasteiger partial charge < -0.3 is 24.8 Å². The normalized spacial score (nSPS) is 16.5. The fraction of sp³-hybridized carbons (Fsp3) is 0.550. The predicted octanol–water partition coefficient (Wildman–Crippen LogP) is 2.98. The molecule has 1 aromatic rings. The molecule has 1 aliphatic heterocycles. The number of hydrogen-bond donors (Lipinski definition) is 2. The number of halogens is 1. The topological polar surface area (TPSA) is 64.1 Å². The Labute approximate surface area is 179 Å². The Morgan fingerprint density at radius 2 is 2.22 bits per heavy atom. The Kier molecular flexibility index (Phi) is 12.9. The summed E-state index contributed by atoms with van der Waals surface area (Å²) in [5, 5.41) is 6.62. The van der Waals surface area contributed by atoms with Crippen LogP contribution in [0.2, 0.25) is 0 Å². The van der Waals surface area contributed by atoms with Crippen molar-refractivity contribution in [3.8, 4) is 5.75 Å². The van der Waals surface area contributed by atoms with Crippen LogP contribution in [-0.4, -0.2) is 52.6 Å². The van der Waals surface area contributed by atoms with Crippen molar-refractivity contribution in [3.05, 3.63) is 42.5 Å². The van der Waals surface area contributed by atoms with Crippen LogP contribution in [0.4, 0.5) is 0 Å². The lowest BCUT2D eigenvalue weighted by molar-refractivity contribution is 0.0888. The van der Waals surface area contributed by atoms with Crippen molar-refractivity contribution >= 4 is 29.9 Å². The van der Waals surface area contributed by atoms with Gasteiger partial charge in [-0.1, -0.05) is 30.9 Å². The van der Waals surface area contributed by atoms with Crippen LogP contribution < -0.4 is 15.4 Å². The van der Waals surface area contributed by atoms with Crippen molar-refractivity contribution in [1.82, 2.24) is 10.6 Å². The van der Waals surface area contributed by atoms with E-state index in [0.29, 0.717) is 19.1 Å². The largest absolute Gasteiger partial charge is 0.489 e. The third-order valence-corrected chi connectivity index (χ3v) is 4.13. The number of para-hydroxylation sites is 1. The Morgan fingerprint density at radius 3 is 2.96 bits per heavy atom. The first-order valence-corrected chi connectivity index (χ1v) is 9.25. The molecule has 2 N–H and O–H groups in total. The highest BCUT2D eigenvalue weighted by Crippen LogP contribution is 2.17. The fourth-order valence-electron chi connectivity index (χ4n) is 2.68. The molecule has 7 heteroatoms. The monoisotopic (exact) mass is 489 g/mol. The van der Waals surface area contributed by atoms with Crippen LogP contribution in [0.15, 0.2) is 41.9 Å². The zero-order valence-electron chi connectivity index (χ0n) is 16.1. The van der Waals surface area contributed by atoms with E-state index in [4.69, 9.17) is 14.2 Å². The molecule has 2 rings (SSSR count). The number of nitrogens with one attached hydrogen (secondary N) is 2. The van der Waals surface area contributed by atoms with Crippen molar-refractivity contribution < 1.29 is 14.2 Å². The van der Waals surface area contributed by atoms with Gasteiger partial charge in [0.25, 0.3) is 0 Å². The molecular weight excluding hydrogens is 457 g/mol. The summed E-state index contributed by atoms with van der Waals surface area (Å²) in [6.07, 6.45) is 3.80. The lowest BCUT2D eigenvalue weighted by atomic mass is 10.1. The molecule has 0 amide bonds. The Hall–Kier alpha value is -1.32. The molecule has 1 fully saturated rings. The van der Waals surface area contributed by atoms with Gasteiger partial charge in [-0.2, -0.15) is 0 Å². The molecule has 1 saturated heterocycles. The van der Waals surface area contributed by atoms with Crippen LogP contribution in [-0.2, 0) is 16.0 Å². The molecule has 1 aromatic carbocycles. The molecule has 1 heterocycles. The lowest BCUT2D eigenvalue weighted by Gasteiger charge is -2.14. The molecule has 0 spiro atoms. The van der Waals surface area contributed by atoms with Gasteiger partial charge in [-0.05, 0) is 18.9 Å². The Morgan fingerprint density at radius 1 is 1.37 bits per heavy atom. The summed E-state index contributed by atoms with van der Waals surface area (Å²) in [5.74, 6) is 2.20. The molecule has 0 bridgehead atoms. The first-order chi connectivity index (χ1) is 12.8. The third-order valence-electron chi connectivity index (χ3n) is 4.13. The van der Waals surface area contributed by atoms with Gasteiger partial charge >= 0.3 is 0 Å². The summed E-state index contributed by atoms with van der Waals surface area (Å²) in [7, 11) is 1.77. The first-order valence-electron chi connectivity index (χ1n) is 9.25. The van der Waals surface area contributed by atoms with E-state index in [-0.39, 0.29) is 24.0 Å². The van der Waals surface area contributed by atoms with Crippen LogP contribution in [0.5, 0.6) is 5.75 Å². The van der Waals surface area contributed by atoms with Gasteiger partial charge in [0.05, 0.1) is 13.2 Å². The molecule has 1 unspecified atom stereocenters. The van der Waals surface area contributed by atoms with Crippen molar-refractivity contribution in [3.63, 3.8) is 0 Å². The minimum atomic E-state index is 0. The van der Waals surface area contributed by atoms with Crippen LogP contribution in [0.1, 0.15) is 18.4 Å². The van der Waals surface area contributed by atoms with E-state index < -0.39 is 0 Å². The molecule has 1 aliphatic rings. The zero-order valence-corrected chi connectivity index (χ0v) is 18.4. The molecular formula is C20H32IN3O3. The minimum Gasteiger partial charge on any atom is -0.489 e. The number of guanidine groups is 1. The SMILES string of the molecule is C=CCOc1ccccc1CNC(=NC)NCCCOCC1CCOC1.I. The van der Waals surface area contributed by atoms with Crippen LogP contribution in [0, 0.1) is 5.92 Å². The van der Waals surface area contributed by atoms with E-state index in [1.165, 1.54) is 0 Å². The van der Waals surface area contributed by atoms with Crippen molar-refractivity contribution in [2.45, 2.75) is 19.4 Å². The number of nitrogens with zero attached hydrogens (tertiary/aromatic N) is 1. The number of ether oxygens (including phenoxy) is 3. The fourth-order valence-corrected chi connectivity index (χ4v) is 2.68. The number of aliphatic imine (C=N–C) groups is 1. The molecule has 6 nitrogen and oxygen atoms in total. The first kappa shape index (κ1) is 23.7. The van der Waals surface area contributed by atoms with E-state index in [9.17, 15) is 0 Å². The van der Waals surface area contributed by atoms with Gasteiger partial charge in [-0.15, -0.1) is 24.0 Å². The second-order valence-corrected chi connectivity index (χ2v) is 6.22. The molecule has 0 aliphatic carbocycles. The summed E-state index contributed by atoms with van der Waals surface area (Å²) < 4.78 is 16.7. The maximum Gasteiger partial charge on any atom is 0.191 e. The Balaban J connectivity index is 0.00000364. The number of rotatable bonds is 11. The highest BCUT2D eigenvalue weighted by molar-refractivity contribution is 14.0. The highest BCUT2D eigenvalue weighted by atomic mass is 127. The molecule has 0 radical (unpaired) electrons. The quantitative estimate of drug-likeness (QED) is 0.165. The molecule has 0 aromatic heterocycles. The summed E-state index contributed by atoms with van der Waals surface area (Å²) in [4.78, 5) is 4.26. The van der Waals surface area contributed by atoms with E-state index in [2.05, 4.69) is 22.2 Å². The van der Waals surface area contributed by atoms with Crippen molar-refractivity contribution in [2.75, 3.05) is 46.6 Å². The second-order valence-electron chi connectivity index (χ2n) is 6.22. The number of hydrogen-bond acceptors (Lipinski definition) is 4. The standard InChI is InChI=1S/C20H31N3O3.HI/c1-3-11-26-19-8-5-4-7-18(19)14-23-20(21-2)22-10-6-12-24-15-17-9-13-25-16-17;/h3-5,7-8,17H,1,6,9-16H2,2H3,(H2,21,22,23);1H. The maximum absolute atomic E-state index is 5.71. The number of benzene rings is 1. The van der Waals surface area contributed by atoms with Crippen molar-refractivity contribution in [1.29, 1.82) is 0 Å². The maximum atomic E-state index is 5.71. The summed E-state index contributed by atoms with van der Waals surface area (Å²) >= 11 is 0. The lowest BCUT2D eigenvalue weighted by Crippen LogP contribution is -2.37. The van der Waals surface area contributed by atoms with Gasteiger partial charge in [0.15, 0.2) is 5.96 Å². The average Bonchev–Trinajstić information content (AvgIpc) is 3.19. The van der Waals surface area contributed by atoms with Gasteiger partial charge in [0.1, 0.15) is 12.4 Å². The van der Waals surface area contributed by atoms with Gasteiger partial charge in [-0.3, -0.25) is 4.99 Å². The van der Waals surface area contributed by atoms with Gasteiger partial charge in [-0.25, -0.2) is 0 Å². The van der Waals surface area contributed by atoms with Crippen LogP contribution >= 0.6 is 24.0 Å². The van der Waals surface area contributed by atoms with Gasteiger partial charge in [0, 0.05) is 44.8 Å². The minimum absolute atomic E-state index is 0. The van der Waals surface area contributed by atoms with Crippen LogP contribution in [0.25, 0.3) is 0 Å². The summed E-state index contributed by atoms with van der Waals surface area (Å²) in [5.41, 5.74) is 1.08.